The van der Waals surface area contributed by atoms with E-state index in [0.29, 0.717) is 15.7 Å². The lowest BCUT2D eigenvalue weighted by Crippen LogP contribution is -2.51. The van der Waals surface area contributed by atoms with Crippen LogP contribution in [0.25, 0.3) is 0 Å². The number of benzene rings is 1. The summed E-state index contributed by atoms with van der Waals surface area (Å²) in [6, 6.07) is 7.94. The van der Waals surface area contributed by atoms with Gasteiger partial charge in [0.05, 0.1) is 11.9 Å². The third kappa shape index (κ3) is 4.80. The van der Waals surface area contributed by atoms with Gasteiger partial charge in [-0.1, -0.05) is 44.0 Å². The van der Waals surface area contributed by atoms with Crippen LogP contribution in [0.5, 0.6) is 0 Å². The molecule has 0 bridgehead atoms. The zero-order chi connectivity index (χ0) is 22.1. The number of aromatic nitrogens is 1. The van der Waals surface area contributed by atoms with Crippen LogP contribution in [-0.4, -0.2) is 17.1 Å². The highest BCUT2D eigenvalue weighted by Gasteiger charge is 2.31. The first-order chi connectivity index (χ1) is 14.1. The van der Waals surface area contributed by atoms with Crippen molar-refractivity contribution in [1.29, 1.82) is 0 Å². The van der Waals surface area contributed by atoms with Crippen LogP contribution in [0.1, 0.15) is 31.1 Å². The molecule has 1 atom stereocenters. The molecule has 156 valence electrons. The summed E-state index contributed by atoms with van der Waals surface area (Å²) in [7, 11) is 0. The number of nitrogens with zero attached hydrogens (tertiary/aromatic N) is 1. The molecule has 9 heteroatoms. The molecule has 3 rings (SSSR count). The van der Waals surface area contributed by atoms with Crippen molar-refractivity contribution < 1.29 is 4.79 Å². The second-order valence-corrected chi connectivity index (χ2v) is 8.72. The van der Waals surface area contributed by atoms with E-state index in [4.69, 9.17) is 23.2 Å². The van der Waals surface area contributed by atoms with Crippen LogP contribution in [0.15, 0.2) is 52.3 Å². The molecule has 7 nitrogen and oxygen atoms in total. The summed E-state index contributed by atoms with van der Waals surface area (Å²) < 4.78 is 0. The van der Waals surface area contributed by atoms with Gasteiger partial charge in [0.15, 0.2) is 0 Å². The van der Waals surface area contributed by atoms with Gasteiger partial charge in [0.1, 0.15) is 17.5 Å². The minimum atomic E-state index is -0.666. The van der Waals surface area contributed by atoms with E-state index >= 15 is 0 Å². The van der Waals surface area contributed by atoms with Crippen molar-refractivity contribution in [1.82, 2.24) is 10.3 Å². The van der Waals surface area contributed by atoms with E-state index < -0.39 is 28.3 Å². The van der Waals surface area contributed by atoms with E-state index in [1.807, 2.05) is 20.8 Å². The summed E-state index contributed by atoms with van der Waals surface area (Å²) in [5.41, 5.74) is -0.712. The zero-order valence-electron chi connectivity index (χ0n) is 16.5. The molecule has 30 heavy (non-hydrogen) atoms. The van der Waals surface area contributed by atoms with Gasteiger partial charge in [-0.05, 0) is 30.3 Å². The lowest BCUT2D eigenvalue weighted by atomic mass is 9.91. The van der Waals surface area contributed by atoms with Gasteiger partial charge in [-0.3, -0.25) is 19.4 Å². The van der Waals surface area contributed by atoms with E-state index in [1.165, 1.54) is 24.4 Å². The van der Waals surface area contributed by atoms with Gasteiger partial charge in [-0.2, -0.15) is 0 Å². The molecule has 0 spiro atoms. The number of amides is 1. The standard InChI is InChI=1S/C21H20Cl2N4O3/c1-21(2,3)20(27-19(30)11-7-12(22)9-13(23)8-11)26-16-15(17(28)18(16)29)25-14-5-4-6-24-10-14/h4-10,20,25-26H,1-3H3,(H,27,30). The highest BCUT2D eigenvalue weighted by molar-refractivity contribution is 6.35. The second kappa shape index (κ2) is 8.45. The van der Waals surface area contributed by atoms with Gasteiger partial charge in [-0.15, -0.1) is 0 Å². The van der Waals surface area contributed by atoms with Gasteiger partial charge in [0.25, 0.3) is 16.8 Å². The molecular weight excluding hydrogens is 427 g/mol. The maximum absolute atomic E-state index is 12.8. The summed E-state index contributed by atoms with van der Waals surface area (Å²) in [5.74, 6) is -0.424. The molecule has 3 N–H and O–H groups in total. The number of halogens is 2. The molecule has 1 unspecified atom stereocenters. The maximum Gasteiger partial charge on any atom is 0.253 e. The topological polar surface area (TPSA) is 100 Å². The predicted octanol–water partition coefficient (Wildman–Crippen LogP) is 3.94. The number of hydrogen-bond acceptors (Lipinski definition) is 6. The maximum atomic E-state index is 12.8. The Morgan fingerprint density at radius 2 is 1.67 bits per heavy atom. The molecule has 0 aliphatic carbocycles. The Morgan fingerprint density at radius 3 is 2.23 bits per heavy atom. The van der Waals surface area contributed by atoms with Gasteiger partial charge in [0, 0.05) is 27.2 Å². The van der Waals surface area contributed by atoms with Gasteiger partial charge < -0.3 is 16.0 Å². The molecule has 0 aliphatic heterocycles. The summed E-state index contributed by atoms with van der Waals surface area (Å²) >= 11 is 12.0. The first-order valence-corrected chi connectivity index (χ1v) is 9.85. The Hall–Kier alpha value is -2.90. The average molecular weight is 447 g/mol. The quantitative estimate of drug-likeness (QED) is 0.391. The second-order valence-electron chi connectivity index (χ2n) is 7.85. The van der Waals surface area contributed by atoms with E-state index in [0.717, 1.165) is 0 Å². The molecule has 0 aliphatic rings. The number of pyridine rings is 1. The third-order valence-corrected chi connectivity index (χ3v) is 4.83. The third-order valence-electron chi connectivity index (χ3n) is 4.40. The molecule has 1 heterocycles. The molecule has 3 aromatic rings. The van der Waals surface area contributed by atoms with Crippen LogP contribution in [-0.2, 0) is 0 Å². The molecule has 0 fully saturated rings. The van der Waals surface area contributed by atoms with Crippen molar-refractivity contribution in [2.75, 3.05) is 10.6 Å². The first-order valence-electron chi connectivity index (χ1n) is 9.10. The number of anilines is 3. The van der Waals surface area contributed by atoms with Crippen molar-refractivity contribution >= 4 is 46.2 Å². The number of carbonyl (C=O) groups is 1. The largest absolute Gasteiger partial charge is 0.360 e. The fourth-order valence-electron chi connectivity index (χ4n) is 2.74. The highest BCUT2D eigenvalue weighted by atomic mass is 35.5. The van der Waals surface area contributed by atoms with Gasteiger partial charge in [-0.25, -0.2) is 0 Å². The fraction of sp³-hybridized carbons (Fsp3) is 0.238. The van der Waals surface area contributed by atoms with Crippen LogP contribution < -0.4 is 26.8 Å². The Morgan fingerprint density at radius 1 is 1.03 bits per heavy atom. The minimum absolute atomic E-state index is 0.105. The SMILES string of the molecule is CC(C)(C)C(NC(=O)c1cc(Cl)cc(Cl)c1)Nc1c(Nc2cccnc2)c(=O)c1=O. The Balaban J connectivity index is 1.85. The summed E-state index contributed by atoms with van der Waals surface area (Å²) in [5, 5.41) is 9.41. The molecule has 1 amide bonds. The Kier molecular flexibility index (Phi) is 6.14. The number of nitrogens with one attached hydrogen (secondary N) is 3. The van der Waals surface area contributed by atoms with E-state index in [-0.39, 0.29) is 16.9 Å². The van der Waals surface area contributed by atoms with Crippen molar-refractivity contribution in [3.8, 4) is 0 Å². The fourth-order valence-corrected chi connectivity index (χ4v) is 3.27. The van der Waals surface area contributed by atoms with Crippen LogP contribution in [0.2, 0.25) is 10.0 Å². The van der Waals surface area contributed by atoms with Crippen molar-refractivity contribution in [2.24, 2.45) is 5.41 Å². The van der Waals surface area contributed by atoms with Crippen LogP contribution in [0.3, 0.4) is 0 Å². The molecule has 0 saturated carbocycles. The Labute approximate surface area is 183 Å². The smallest absolute Gasteiger partial charge is 0.253 e. The number of hydrogen-bond donors (Lipinski definition) is 3. The van der Waals surface area contributed by atoms with E-state index in [9.17, 15) is 14.4 Å². The monoisotopic (exact) mass is 446 g/mol. The van der Waals surface area contributed by atoms with Gasteiger partial charge in [0.2, 0.25) is 0 Å². The first kappa shape index (κ1) is 21.8. The average Bonchev–Trinajstić information content (AvgIpc) is 2.68. The number of rotatable bonds is 6. The van der Waals surface area contributed by atoms with E-state index in [1.54, 1.807) is 18.3 Å². The normalized spacial score (nSPS) is 12.4. The zero-order valence-corrected chi connectivity index (χ0v) is 18.1. The van der Waals surface area contributed by atoms with Crippen molar-refractivity contribution in [3.05, 3.63) is 78.8 Å². The van der Waals surface area contributed by atoms with Crippen LogP contribution in [0.4, 0.5) is 17.1 Å². The lowest BCUT2D eigenvalue weighted by molar-refractivity contribution is 0.0913. The molecule has 2 aromatic carbocycles. The van der Waals surface area contributed by atoms with Crippen molar-refractivity contribution in [3.63, 3.8) is 0 Å². The van der Waals surface area contributed by atoms with Crippen LogP contribution in [0, 0.1) is 5.41 Å². The minimum Gasteiger partial charge on any atom is -0.360 e. The Bertz CT molecular complexity index is 1130. The summed E-state index contributed by atoms with van der Waals surface area (Å²) in [6.45, 7) is 5.65. The highest BCUT2D eigenvalue weighted by Crippen LogP contribution is 2.26. The molecule has 1 aromatic heterocycles. The molecule has 0 radical (unpaired) electrons. The molecule has 0 saturated heterocycles. The van der Waals surface area contributed by atoms with Crippen LogP contribution >= 0.6 is 23.2 Å². The predicted molar refractivity (Wildman–Crippen MR) is 120 cm³/mol. The van der Waals surface area contributed by atoms with Gasteiger partial charge >= 0.3 is 0 Å². The van der Waals surface area contributed by atoms with Crippen molar-refractivity contribution in [2.45, 2.75) is 26.9 Å². The lowest BCUT2D eigenvalue weighted by Gasteiger charge is -2.33. The number of carbonyl (C=O) groups excluding carboxylic acids is 1. The summed E-state index contributed by atoms with van der Waals surface area (Å²) in [6.07, 6.45) is 2.47. The van der Waals surface area contributed by atoms with E-state index in [2.05, 4.69) is 20.9 Å². The molecular formula is C21H20Cl2N4O3. The summed E-state index contributed by atoms with van der Waals surface area (Å²) in [4.78, 5) is 41.0.